The van der Waals surface area contributed by atoms with E-state index in [1.54, 1.807) is 18.2 Å². The zero-order valence-corrected chi connectivity index (χ0v) is 19.9. The maximum Gasteiger partial charge on any atom is 0.243 e. The van der Waals surface area contributed by atoms with E-state index in [0.717, 1.165) is 20.6 Å². The van der Waals surface area contributed by atoms with Gasteiger partial charge in [0.15, 0.2) is 0 Å². The molecule has 0 aromatic heterocycles. The number of likely N-dealkylation sites (N-methyl/N-ethyl adjacent to an activating group) is 2. The molecule has 0 heterocycles. The Morgan fingerprint density at radius 3 is 2.21 bits per heavy atom. The van der Waals surface area contributed by atoms with E-state index in [4.69, 9.17) is 0 Å². The molecule has 7 nitrogen and oxygen atoms in total. The second-order valence-electron chi connectivity index (χ2n) is 7.82. The zero-order valence-electron chi connectivity index (χ0n) is 19.1. The van der Waals surface area contributed by atoms with Gasteiger partial charge in [-0.2, -0.15) is 4.31 Å². The van der Waals surface area contributed by atoms with E-state index in [2.05, 4.69) is 5.32 Å². The molecule has 0 aliphatic rings. The van der Waals surface area contributed by atoms with Crippen LogP contribution in [0.2, 0.25) is 0 Å². The van der Waals surface area contributed by atoms with Crippen LogP contribution in [0, 0.1) is 0 Å². The highest BCUT2D eigenvalue weighted by molar-refractivity contribution is 7.89. The number of hydrogen-bond acceptors (Lipinski definition) is 4. The highest BCUT2D eigenvalue weighted by Gasteiger charge is 2.31. The minimum Gasteiger partial charge on any atom is -0.357 e. The highest BCUT2D eigenvalue weighted by Crippen LogP contribution is 2.22. The molecule has 33 heavy (non-hydrogen) atoms. The monoisotopic (exact) mass is 467 g/mol. The summed E-state index contributed by atoms with van der Waals surface area (Å²) in [5, 5.41) is 4.33. The van der Waals surface area contributed by atoms with Crippen LogP contribution in [0.15, 0.2) is 77.7 Å². The van der Waals surface area contributed by atoms with Gasteiger partial charge in [-0.05, 0) is 34.9 Å². The number of carbonyl (C=O) groups is 2. The van der Waals surface area contributed by atoms with E-state index in [1.807, 2.05) is 61.5 Å². The first kappa shape index (κ1) is 24.4. The number of nitrogens with one attached hydrogen (secondary N) is 1. The summed E-state index contributed by atoms with van der Waals surface area (Å²) < 4.78 is 27.4. The first-order valence-corrected chi connectivity index (χ1v) is 12.2. The topological polar surface area (TPSA) is 86.8 Å². The molecule has 0 aliphatic carbocycles. The zero-order chi connectivity index (χ0) is 24.0. The number of nitrogens with zero attached hydrogens (tertiary/aromatic N) is 2. The quantitative estimate of drug-likeness (QED) is 0.524. The van der Waals surface area contributed by atoms with E-state index >= 15 is 0 Å². The molecule has 1 atom stereocenters. The van der Waals surface area contributed by atoms with Gasteiger partial charge in [-0.1, -0.05) is 67.6 Å². The Balaban J connectivity index is 1.86. The van der Waals surface area contributed by atoms with Crippen molar-refractivity contribution in [3.05, 3.63) is 78.4 Å². The molecule has 174 valence electrons. The lowest BCUT2D eigenvalue weighted by Gasteiger charge is -2.31. The summed E-state index contributed by atoms with van der Waals surface area (Å²) in [5.74, 6) is -0.733. The summed E-state index contributed by atoms with van der Waals surface area (Å²) >= 11 is 0. The van der Waals surface area contributed by atoms with E-state index in [0.29, 0.717) is 6.42 Å². The minimum atomic E-state index is -3.90. The van der Waals surface area contributed by atoms with Crippen molar-refractivity contribution >= 4 is 32.6 Å². The Morgan fingerprint density at radius 1 is 0.939 bits per heavy atom. The average molecular weight is 468 g/mol. The lowest BCUT2D eigenvalue weighted by atomic mass is 10.1. The van der Waals surface area contributed by atoms with Crippen LogP contribution in [0.25, 0.3) is 10.8 Å². The summed E-state index contributed by atoms with van der Waals surface area (Å²) in [4.78, 5) is 27.3. The maximum absolute atomic E-state index is 13.3. The summed E-state index contributed by atoms with van der Waals surface area (Å²) in [5.41, 5.74) is 0.855. The van der Waals surface area contributed by atoms with Crippen molar-refractivity contribution in [1.82, 2.24) is 14.5 Å². The molecule has 3 aromatic carbocycles. The van der Waals surface area contributed by atoms with Crippen LogP contribution in [0.5, 0.6) is 0 Å². The second-order valence-corrected chi connectivity index (χ2v) is 9.86. The molecule has 8 heteroatoms. The molecular formula is C25H29N3O4S. The molecule has 0 saturated heterocycles. The van der Waals surface area contributed by atoms with Crippen molar-refractivity contribution in [2.45, 2.75) is 30.8 Å². The van der Waals surface area contributed by atoms with Gasteiger partial charge in [-0.25, -0.2) is 8.42 Å². The molecule has 1 N–H and O–H groups in total. The molecule has 0 unspecified atom stereocenters. The van der Waals surface area contributed by atoms with Crippen molar-refractivity contribution in [1.29, 1.82) is 0 Å². The highest BCUT2D eigenvalue weighted by atomic mass is 32.2. The van der Waals surface area contributed by atoms with Crippen LogP contribution < -0.4 is 5.32 Å². The van der Waals surface area contributed by atoms with Gasteiger partial charge in [0.05, 0.1) is 11.4 Å². The third-order valence-corrected chi connectivity index (χ3v) is 7.41. The summed E-state index contributed by atoms with van der Waals surface area (Å²) in [7, 11) is -1.01. The van der Waals surface area contributed by atoms with Crippen molar-refractivity contribution in [3.63, 3.8) is 0 Å². The second kappa shape index (κ2) is 10.6. The van der Waals surface area contributed by atoms with Gasteiger partial charge < -0.3 is 10.2 Å². The van der Waals surface area contributed by atoms with Gasteiger partial charge >= 0.3 is 0 Å². The van der Waals surface area contributed by atoms with E-state index in [-0.39, 0.29) is 23.9 Å². The molecule has 0 fully saturated rings. The summed E-state index contributed by atoms with van der Waals surface area (Å²) in [6, 6.07) is 21.0. The number of rotatable bonds is 9. The molecule has 0 aliphatic heterocycles. The minimum absolute atomic E-state index is 0.115. The lowest BCUT2D eigenvalue weighted by Crippen LogP contribution is -2.51. The van der Waals surface area contributed by atoms with Crippen LogP contribution in [0.3, 0.4) is 0 Å². The normalized spacial score (nSPS) is 12.5. The maximum atomic E-state index is 13.3. The fourth-order valence-electron chi connectivity index (χ4n) is 3.74. The van der Waals surface area contributed by atoms with Gasteiger partial charge in [0.1, 0.15) is 6.04 Å². The van der Waals surface area contributed by atoms with Crippen molar-refractivity contribution in [3.8, 4) is 0 Å². The van der Waals surface area contributed by atoms with Crippen molar-refractivity contribution in [2.75, 3.05) is 20.6 Å². The lowest BCUT2D eigenvalue weighted by molar-refractivity contribution is -0.141. The molecule has 0 spiro atoms. The number of amides is 2. The summed E-state index contributed by atoms with van der Waals surface area (Å²) in [6.45, 7) is 1.64. The molecule has 3 rings (SSSR count). The smallest absolute Gasteiger partial charge is 0.243 e. The fourth-order valence-corrected chi connectivity index (χ4v) is 4.90. The predicted molar refractivity (Wildman–Crippen MR) is 129 cm³/mol. The van der Waals surface area contributed by atoms with E-state index in [1.165, 1.54) is 19.0 Å². The first-order valence-electron chi connectivity index (χ1n) is 10.8. The standard InChI is InChI=1S/C25H29N3O4S/c1-4-23(25(30)26-2)28(17-19-10-6-5-7-11-19)24(29)18-27(3)33(31,32)22-15-14-20-12-8-9-13-21(20)16-22/h5-16,23H,4,17-18H2,1-3H3,(H,26,30)/t23-/m1/s1. The van der Waals surface area contributed by atoms with Gasteiger partial charge in [0.25, 0.3) is 0 Å². The Labute approximate surface area is 195 Å². The van der Waals surface area contributed by atoms with E-state index in [9.17, 15) is 18.0 Å². The molecule has 3 aromatic rings. The van der Waals surface area contributed by atoms with Crippen molar-refractivity contribution < 1.29 is 18.0 Å². The number of benzene rings is 3. The Kier molecular flexibility index (Phi) is 7.84. The van der Waals surface area contributed by atoms with Gasteiger partial charge in [0, 0.05) is 20.6 Å². The van der Waals surface area contributed by atoms with Crippen molar-refractivity contribution in [2.24, 2.45) is 0 Å². The average Bonchev–Trinajstić information content (AvgIpc) is 2.83. The molecular weight excluding hydrogens is 438 g/mol. The van der Waals surface area contributed by atoms with E-state index < -0.39 is 22.0 Å². The third kappa shape index (κ3) is 5.58. The molecule has 0 radical (unpaired) electrons. The number of sulfonamides is 1. The molecule has 0 bridgehead atoms. The Bertz CT molecular complexity index is 1230. The van der Waals surface area contributed by atoms with Crippen LogP contribution >= 0.6 is 0 Å². The van der Waals surface area contributed by atoms with Gasteiger partial charge in [-0.3, -0.25) is 9.59 Å². The van der Waals surface area contributed by atoms with Crippen LogP contribution in [0.1, 0.15) is 18.9 Å². The molecule has 2 amide bonds. The van der Waals surface area contributed by atoms with Crippen LogP contribution in [-0.2, 0) is 26.2 Å². The fraction of sp³-hybridized carbons (Fsp3) is 0.280. The SMILES string of the molecule is CC[C@H](C(=O)NC)N(Cc1ccccc1)C(=O)CN(C)S(=O)(=O)c1ccc2ccccc2c1. The number of carbonyl (C=O) groups excluding carboxylic acids is 2. The van der Waals surface area contributed by atoms with Gasteiger partial charge in [-0.15, -0.1) is 0 Å². The van der Waals surface area contributed by atoms with Gasteiger partial charge in [0.2, 0.25) is 21.8 Å². The molecule has 0 saturated carbocycles. The third-order valence-electron chi connectivity index (χ3n) is 5.62. The summed E-state index contributed by atoms with van der Waals surface area (Å²) in [6.07, 6.45) is 0.402. The van der Waals surface area contributed by atoms with Crippen LogP contribution in [0.4, 0.5) is 0 Å². The Hall–Kier alpha value is -3.23. The Morgan fingerprint density at radius 2 is 1.58 bits per heavy atom. The number of hydrogen-bond donors (Lipinski definition) is 1. The number of fused-ring (bicyclic) bond motifs is 1. The predicted octanol–water partition coefficient (Wildman–Crippen LogP) is 3.01. The largest absolute Gasteiger partial charge is 0.357 e. The van der Waals surface area contributed by atoms with Crippen LogP contribution in [-0.4, -0.2) is 56.1 Å². The first-order chi connectivity index (χ1) is 15.8.